The summed E-state index contributed by atoms with van der Waals surface area (Å²) in [6.45, 7) is 5.12. The number of aromatic nitrogens is 2. The number of fused-ring (bicyclic) bond motifs is 1. The van der Waals surface area contributed by atoms with E-state index in [0.29, 0.717) is 12.2 Å². The van der Waals surface area contributed by atoms with Crippen LogP contribution in [0.2, 0.25) is 0 Å². The van der Waals surface area contributed by atoms with Gasteiger partial charge in [0, 0.05) is 24.2 Å². The van der Waals surface area contributed by atoms with Crippen molar-refractivity contribution >= 4 is 39.1 Å². The van der Waals surface area contributed by atoms with Gasteiger partial charge in [0.05, 0.1) is 21.0 Å². The number of hydrogen-bond acceptors (Lipinski definition) is 4. The first-order valence-electron chi connectivity index (χ1n) is 11.5. The van der Waals surface area contributed by atoms with Gasteiger partial charge in [-0.3, -0.25) is 4.79 Å². The van der Waals surface area contributed by atoms with Gasteiger partial charge >= 0.3 is 0 Å². The van der Waals surface area contributed by atoms with E-state index in [1.165, 1.54) is 21.5 Å². The molecule has 5 rings (SSSR count). The van der Waals surface area contributed by atoms with Crippen LogP contribution in [0.4, 0.5) is 0 Å². The molecule has 0 atom stereocenters. The lowest BCUT2D eigenvalue weighted by molar-refractivity contribution is -0.116. The molecule has 0 unspecified atom stereocenters. The summed E-state index contributed by atoms with van der Waals surface area (Å²) in [6.07, 6.45) is 0.449. The lowest BCUT2D eigenvalue weighted by atomic mass is 10.1. The minimum atomic E-state index is 0.235. The molecular formula is C29H26N2OS2. The van der Waals surface area contributed by atoms with E-state index in [-0.39, 0.29) is 5.78 Å². The van der Waals surface area contributed by atoms with Gasteiger partial charge in [0.2, 0.25) is 0 Å². The molecule has 2 aromatic heterocycles. The fourth-order valence-electron chi connectivity index (χ4n) is 4.12. The number of thiazole rings is 1. The Kier molecular flexibility index (Phi) is 6.66. The van der Waals surface area contributed by atoms with Crippen LogP contribution in [0.1, 0.15) is 18.1 Å². The van der Waals surface area contributed by atoms with Crippen LogP contribution in [0.15, 0.2) is 90.0 Å². The summed E-state index contributed by atoms with van der Waals surface area (Å²) < 4.78 is 3.49. The molecule has 0 bridgehead atoms. The minimum Gasteiger partial charge on any atom is -0.336 e. The van der Waals surface area contributed by atoms with E-state index in [0.717, 1.165) is 33.2 Å². The second-order valence-electron chi connectivity index (χ2n) is 8.36. The number of benzene rings is 3. The van der Waals surface area contributed by atoms with E-state index < -0.39 is 0 Å². The second-order valence-corrected chi connectivity index (χ2v) is 10.4. The molecule has 0 saturated carbocycles. The number of carbonyl (C=O) groups is 1. The topological polar surface area (TPSA) is 34.9 Å². The quantitative estimate of drug-likeness (QED) is 0.213. The third-order valence-electron chi connectivity index (χ3n) is 5.85. The number of hydrogen-bond donors (Lipinski definition) is 0. The van der Waals surface area contributed by atoms with Crippen LogP contribution < -0.4 is 0 Å². The molecule has 0 spiro atoms. The highest BCUT2D eigenvalue weighted by Crippen LogP contribution is 2.31. The zero-order chi connectivity index (χ0) is 23.5. The number of aryl methyl sites for hydroxylation is 1. The molecule has 0 aliphatic heterocycles. The van der Waals surface area contributed by atoms with Gasteiger partial charge < -0.3 is 4.57 Å². The molecule has 0 aliphatic rings. The lowest BCUT2D eigenvalue weighted by Gasteiger charge is -2.11. The maximum absolute atomic E-state index is 12.7. The summed E-state index contributed by atoms with van der Waals surface area (Å²) in [5.41, 5.74) is 6.82. The maximum Gasteiger partial charge on any atom is 0.147 e. The molecule has 5 heteroatoms. The van der Waals surface area contributed by atoms with E-state index >= 15 is 0 Å². The molecule has 0 amide bonds. The van der Waals surface area contributed by atoms with Crippen LogP contribution in [0.5, 0.6) is 0 Å². The molecule has 3 nitrogen and oxygen atoms in total. The standard InChI is InChI=1S/C29H26N2OS2/c1-3-31-26(22-7-5-4-6-8-22)15-16-28(31)33-19-24(32)18-21-10-12-23(13-11-21)29-30-25-14-9-20(2)17-27(25)34-29/h4-17H,3,18-19H2,1-2H3. The Morgan fingerprint density at radius 1 is 0.941 bits per heavy atom. The van der Waals surface area contributed by atoms with Crippen molar-refractivity contribution in [3.8, 4) is 21.8 Å². The first-order valence-corrected chi connectivity index (χ1v) is 13.3. The number of rotatable bonds is 8. The van der Waals surface area contributed by atoms with Gasteiger partial charge in [-0.25, -0.2) is 4.98 Å². The number of Topliss-reactive ketones (excluding diaryl/α,β-unsaturated/α-hetero) is 1. The minimum absolute atomic E-state index is 0.235. The summed E-state index contributed by atoms with van der Waals surface area (Å²) >= 11 is 3.33. The van der Waals surface area contributed by atoms with Gasteiger partial charge in [0.15, 0.2) is 0 Å². The van der Waals surface area contributed by atoms with Crippen molar-refractivity contribution in [2.45, 2.75) is 31.8 Å². The van der Waals surface area contributed by atoms with Crippen molar-refractivity contribution in [2.24, 2.45) is 0 Å². The van der Waals surface area contributed by atoms with E-state index in [2.05, 4.69) is 97.3 Å². The van der Waals surface area contributed by atoms with Crippen molar-refractivity contribution in [1.82, 2.24) is 9.55 Å². The van der Waals surface area contributed by atoms with Crippen molar-refractivity contribution in [2.75, 3.05) is 5.75 Å². The van der Waals surface area contributed by atoms with Crippen LogP contribution in [0.25, 0.3) is 32.0 Å². The molecule has 170 valence electrons. The number of thioether (sulfide) groups is 1. The lowest BCUT2D eigenvalue weighted by Crippen LogP contribution is -2.07. The van der Waals surface area contributed by atoms with Gasteiger partial charge in [-0.05, 0) is 54.8 Å². The van der Waals surface area contributed by atoms with Gasteiger partial charge in [-0.15, -0.1) is 23.1 Å². The Balaban J connectivity index is 1.22. The monoisotopic (exact) mass is 482 g/mol. The smallest absolute Gasteiger partial charge is 0.147 e. The molecule has 2 heterocycles. The van der Waals surface area contributed by atoms with Gasteiger partial charge in [0.25, 0.3) is 0 Å². The van der Waals surface area contributed by atoms with Crippen LogP contribution in [0, 0.1) is 6.92 Å². The summed E-state index contributed by atoms with van der Waals surface area (Å²) in [5.74, 6) is 0.704. The summed E-state index contributed by atoms with van der Waals surface area (Å²) in [5, 5.41) is 2.15. The first-order chi connectivity index (χ1) is 16.6. The highest BCUT2D eigenvalue weighted by molar-refractivity contribution is 7.99. The van der Waals surface area contributed by atoms with Gasteiger partial charge in [-0.1, -0.05) is 60.7 Å². The highest BCUT2D eigenvalue weighted by Gasteiger charge is 2.12. The first kappa shape index (κ1) is 22.6. The molecule has 0 N–H and O–H groups in total. The Labute approximate surface area is 208 Å². The Morgan fingerprint density at radius 3 is 2.50 bits per heavy atom. The average molecular weight is 483 g/mol. The Hall–Kier alpha value is -3.15. The number of nitrogens with zero attached hydrogens (tertiary/aromatic N) is 2. The molecule has 5 aromatic rings. The highest BCUT2D eigenvalue weighted by atomic mass is 32.2. The zero-order valence-electron chi connectivity index (χ0n) is 19.3. The third-order valence-corrected chi connectivity index (χ3v) is 8.04. The molecule has 0 aliphatic carbocycles. The molecular weight excluding hydrogens is 456 g/mol. The van der Waals surface area contributed by atoms with Crippen LogP contribution in [0.3, 0.4) is 0 Å². The number of carbonyl (C=O) groups excluding carboxylic acids is 1. The fraction of sp³-hybridized carbons (Fsp3) is 0.172. The van der Waals surface area contributed by atoms with Crippen molar-refractivity contribution in [1.29, 1.82) is 0 Å². The Morgan fingerprint density at radius 2 is 1.74 bits per heavy atom. The molecule has 0 fully saturated rings. The average Bonchev–Trinajstić information content (AvgIpc) is 3.47. The van der Waals surface area contributed by atoms with Crippen LogP contribution in [-0.4, -0.2) is 21.1 Å². The Bertz CT molecular complexity index is 1430. The van der Waals surface area contributed by atoms with Crippen LogP contribution >= 0.6 is 23.1 Å². The van der Waals surface area contributed by atoms with Crippen molar-refractivity contribution in [3.63, 3.8) is 0 Å². The predicted molar refractivity (Wildman–Crippen MR) is 145 cm³/mol. The normalized spacial score (nSPS) is 11.2. The van der Waals surface area contributed by atoms with Crippen molar-refractivity contribution < 1.29 is 4.79 Å². The van der Waals surface area contributed by atoms with E-state index in [9.17, 15) is 4.79 Å². The van der Waals surface area contributed by atoms with Gasteiger partial charge in [0.1, 0.15) is 10.8 Å². The molecule has 0 radical (unpaired) electrons. The molecule has 34 heavy (non-hydrogen) atoms. The predicted octanol–water partition coefficient (Wildman–Crippen LogP) is 7.66. The molecule has 0 saturated heterocycles. The second kappa shape index (κ2) is 10.00. The third kappa shape index (κ3) is 4.86. The van der Waals surface area contributed by atoms with Crippen molar-refractivity contribution in [3.05, 3.63) is 96.1 Å². The summed E-state index contributed by atoms with van der Waals surface area (Å²) in [7, 11) is 0. The fourth-order valence-corrected chi connectivity index (χ4v) is 6.14. The summed E-state index contributed by atoms with van der Waals surface area (Å²) in [4.78, 5) is 17.5. The largest absolute Gasteiger partial charge is 0.336 e. The zero-order valence-corrected chi connectivity index (χ0v) is 21.0. The van der Waals surface area contributed by atoms with E-state index in [1.807, 2.05) is 6.07 Å². The van der Waals surface area contributed by atoms with Crippen LogP contribution in [-0.2, 0) is 17.8 Å². The molecule has 3 aromatic carbocycles. The number of ketones is 1. The SMILES string of the molecule is CCn1c(SCC(=O)Cc2ccc(-c3nc4ccc(C)cc4s3)cc2)ccc1-c1ccccc1. The van der Waals surface area contributed by atoms with Gasteiger partial charge in [-0.2, -0.15) is 0 Å². The van der Waals surface area contributed by atoms with E-state index in [1.54, 1.807) is 23.1 Å². The summed E-state index contributed by atoms with van der Waals surface area (Å²) in [6, 6.07) is 29.3. The maximum atomic E-state index is 12.7. The van der Waals surface area contributed by atoms with E-state index in [4.69, 9.17) is 4.98 Å².